The van der Waals surface area contributed by atoms with Crippen LogP contribution in [0.3, 0.4) is 0 Å². The molecule has 0 saturated carbocycles. The average Bonchev–Trinajstić information content (AvgIpc) is 4.04. The Balaban J connectivity index is 0.000000515. The second-order valence-corrected chi connectivity index (χ2v) is 23.3. The molecule has 428 valence electrons. The number of benzene rings is 2. The molecule has 0 spiro atoms. The smallest absolute Gasteiger partial charge is 0.355 e. The van der Waals surface area contributed by atoms with Crippen molar-refractivity contribution >= 4 is 106 Å². The van der Waals surface area contributed by atoms with Crippen LogP contribution in [0.25, 0.3) is 5.69 Å². The molecule has 0 aliphatic carbocycles. The predicted octanol–water partition coefficient (Wildman–Crippen LogP) is 7.78. The summed E-state index contributed by atoms with van der Waals surface area (Å²) >= 11 is 28.9. The van der Waals surface area contributed by atoms with Crippen molar-refractivity contribution in [1.29, 1.82) is 0 Å². The molecule has 1 fully saturated rings. The number of aliphatic carboxylic acids is 1. The monoisotopic (exact) mass is 1220 g/mol. The van der Waals surface area contributed by atoms with E-state index in [2.05, 4.69) is 36.9 Å². The Morgan fingerprint density at radius 1 is 1.08 bits per heavy atom. The highest BCUT2D eigenvalue weighted by atomic mass is 35.5. The number of aromatic nitrogens is 3. The van der Waals surface area contributed by atoms with Crippen LogP contribution in [0, 0.1) is 19.7 Å². The highest BCUT2D eigenvalue weighted by Crippen LogP contribution is 2.37. The largest absolute Gasteiger partial charge is 0.778 e. The van der Waals surface area contributed by atoms with Gasteiger partial charge in [-0.05, 0) is 99.8 Å². The van der Waals surface area contributed by atoms with Gasteiger partial charge in [-0.1, -0.05) is 59.9 Å². The Bertz CT molecular complexity index is 2590. The first kappa shape index (κ1) is 70.2. The molecule has 4 unspecified atom stereocenters. The lowest BCUT2D eigenvalue weighted by Crippen LogP contribution is -2.45. The van der Waals surface area contributed by atoms with Crippen molar-refractivity contribution in [1.82, 2.24) is 24.6 Å². The topological polar surface area (TPSA) is 248 Å². The van der Waals surface area contributed by atoms with Crippen molar-refractivity contribution < 1.29 is 70.4 Å². The first-order valence-electron chi connectivity index (χ1n) is 22.8. The maximum Gasteiger partial charge on any atom is 0.355 e. The number of nitrogens with one attached hydrogen (secondary N) is 1. The van der Waals surface area contributed by atoms with E-state index in [4.69, 9.17) is 86.6 Å². The highest BCUT2D eigenvalue weighted by molar-refractivity contribution is 7.94. The van der Waals surface area contributed by atoms with Crippen molar-refractivity contribution in [3.05, 3.63) is 98.3 Å². The number of para-hydroxylation sites is 1. The minimum atomic E-state index is -4.35. The number of rotatable bonds is 18. The molecule has 5 rings (SSSR count). The summed E-state index contributed by atoms with van der Waals surface area (Å²) in [7, 11) is -2.07. The van der Waals surface area contributed by atoms with Crippen LogP contribution in [0.1, 0.15) is 75.5 Å². The fourth-order valence-corrected chi connectivity index (χ4v) is 8.04. The lowest BCUT2D eigenvalue weighted by atomic mass is 10.0. The first-order valence-corrected chi connectivity index (χ1v) is 29.2. The second kappa shape index (κ2) is 33.6. The van der Waals surface area contributed by atoms with E-state index < -0.39 is 66.4 Å². The van der Waals surface area contributed by atoms with E-state index in [0.29, 0.717) is 34.5 Å². The van der Waals surface area contributed by atoms with E-state index >= 15 is 0 Å². The molecule has 2 aromatic carbocycles. The zero-order valence-corrected chi connectivity index (χ0v) is 49.2. The van der Waals surface area contributed by atoms with Gasteiger partial charge in [-0.25, -0.2) is 13.8 Å². The molecule has 2 aromatic heterocycles. The molecular formula is C47H65Cl5F3N6O13PS. The fourth-order valence-electron chi connectivity index (χ4n) is 6.82. The normalized spacial score (nSPS) is 15.2. The third kappa shape index (κ3) is 22.9. The van der Waals surface area contributed by atoms with Gasteiger partial charge in [-0.15, -0.1) is 28.3 Å². The Morgan fingerprint density at radius 3 is 2.17 bits per heavy atom. The van der Waals surface area contributed by atoms with Gasteiger partial charge in [-0.3, -0.25) is 24.5 Å². The zero-order valence-electron chi connectivity index (χ0n) is 43.7. The number of halogens is 8. The van der Waals surface area contributed by atoms with Gasteiger partial charge in [0.05, 0.1) is 69.3 Å². The Morgan fingerprint density at radius 2 is 1.70 bits per heavy atom. The predicted molar refractivity (Wildman–Crippen MR) is 288 cm³/mol. The van der Waals surface area contributed by atoms with Crippen LogP contribution in [0.2, 0.25) is 5.02 Å². The van der Waals surface area contributed by atoms with Gasteiger partial charge in [-0.2, -0.15) is 13.5 Å². The molecule has 1 saturated heterocycles. The molecular weight excluding hydrogens is 1150 g/mol. The number of anilines is 1. The van der Waals surface area contributed by atoms with Gasteiger partial charge in [0, 0.05) is 18.6 Å². The van der Waals surface area contributed by atoms with Crippen LogP contribution in [0.5, 0.6) is 0 Å². The number of carbonyl (C=O) groups is 4. The van der Waals surface area contributed by atoms with Crippen LogP contribution < -0.4 is 20.8 Å². The third-order valence-electron chi connectivity index (χ3n) is 9.97. The number of hydrogen-bond acceptors (Lipinski definition) is 13. The molecule has 0 radical (unpaired) electrons. The fraction of sp³-hybridized carbons (Fsp3) is 0.532. The zero-order chi connectivity index (χ0) is 58.4. The van der Waals surface area contributed by atoms with Gasteiger partial charge in [0.1, 0.15) is 48.0 Å². The molecule has 4 aromatic rings. The van der Waals surface area contributed by atoms with Gasteiger partial charge in [0.15, 0.2) is 10.7 Å². The number of nitrogens with zero attached hydrogens (tertiary/aromatic N) is 5. The average molecular weight is 1220 g/mol. The molecule has 1 aliphatic rings. The number of hydrogen-bond donors (Lipinski definition) is 3. The summed E-state index contributed by atoms with van der Waals surface area (Å²) in [6, 6.07) is 11.7. The molecule has 1 aliphatic heterocycles. The van der Waals surface area contributed by atoms with Gasteiger partial charge >= 0.3 is 24.2 Å². The molecule has 0 bridgehead atoms. The van der Waals surface area contributed by atoms with Crippen LogP contribution in [0.15, 0.2) is 57.9 Å². The summed E-state index contributed by atoms with van der Waals surface area (Å²) in [5.41, 5.74) is 1.10. The summed E-state index contributed by atoms with van der Waals surface area (Å²) < 4.78 is 71.7. The number of carboxylic acid groups (broad SMARTS) is 1. The number of ether oxygens (including phenoxy) is 3. The van der Waals surface area contributed by atoms with Crippen LogP contribution in [-0.4, -0.2) is 139 Å². The number of esters is 1. The molecule has 3 heterocycles. The van der Waals surface area contributed by atoms with Crippen molar-refractivity contribution in [2.75, 3.05) is 69.2 Å². The molecule has 29 heteroatoms. The summed E-state index contributed by atoms with van der Waals surface area (Å²) in [5, 5.41) is 12.5. The first-order chi connectivity index (χ1) is 35.3. The van der Waals surface area contributed by atoms with E-state index in [0.717, 1.165) is 35.4 Å². The van der Waals surface area contributed by atoms with Crippen molar-refractivity contribution in [2.45, 2.75) is 95.9 Å². The lowest BCUT2D eigenvalue weighted by molar-refractivity contribution is -0.193. The number of carboxylic acids is 1. The van der Waals surface area contributed by atoms with Crippen LogP contribution in [0.4, 0.5) is 18.9 Å². The minimum absolute atomic E-state index is 0.0223. The van der Waals surface area contributed by atoms with Crippen molar-refractivity contribution in [3.63, 3.8) is 0 Å². The quantitative estimate of drug-likeness (QED) is 0.0372. The SMILES string of the molecule is CC1(C)OC(c2ccco2)CN1C(=O)C(Cl)Cl.CCOC(=O)C(Cl)Cc1cc(-n2nc(C)n(C(F)F)c2=O)c(F)cc1Cl.CCc1cccc(C)c1N(C(=O)CCl)C(C)COC.C[S+](C)C.O=C(O)CNCP(=O)([O-])O. The minimum Gasteiger partial charge on any atom is -0.778 e. The lowest BCUT2D eigenvalue weighted by Gasteiger charge is -2.31. The maximum atomic E-state index is 14.2. The molecule has 2 amide bonds. The summed E-state index contributed by atoms with van der Waals surface area (Å²) in [5.74, 6) is -2.87. The van der Waals surface area contributed by atoms with Crippen LogP contribution in [-0.2, 0) is 61.7 Å². The Labute approximate surface area is 467 Å². The highest BCUT2D eigenvalue weighted by Gasteiger charge is 2.45. The molecule has 4 atom stereocenters. The molecule has 3 N–H and O–H groups in total. The Hall–Kier alpha value is -3.84. The van der Waals surface area contributed by atoms with Gasteiger partial charge < -0.3 is 47.9 Å². The summed E-state index contributed by atoms with van der Waals surface area (Å²) in [6.45, 7) is 9.86. The van der Waals surface area contributed by atoms with Crippen molar-refractivity contribution in [3.8, 4) is 5.69 Å². The number of amides is 2. The Kier molecular flexibility index (Phi) is 31.0. The van der Waals surface area contributed by atoms with Gasteiger partial charge in [0.2, 0.25) is 5.91 Å². The van der Waals surface area contributed by atoms with E-state index in [-0.39, 0.29) is 69.5 Å². The summed E-state index contributed by atoms with van der Waals surface area (Å²) in [4.78, 5) is 77.7. The van der Waals surface area contributed by atoms with E-state index in [1.54, 1.807) is 45.1 Å². The third-order valence-corrected chi connectivity index (χ3v) is 11.9. The number of aryl methyl sites for hydroxylation is 3. The maximum absolute atomic E-state index is 14.2. The number of carbonyl (C=O) groups excluding carboxylic acids is 3. The molecule has 76 heavy (non-hydrogen) atoms. The summed E-state index contributed by atoms with van der Waals surface area (Å²) in [6.07, 6.45) is 7.93. The number of furan rings is 1. The number of methoxy groups -OCH3 is 1. The standard InChI is InChI=1S/C15H14Cl2F3N3O3.C15H22ClNO2.C11H13Cl2NO3.C3H8NO5P.C3H9S/c1-3-26-13(24)10(17)4-8-5-12(11(18)6-9(8)16)23-15(25)22(14(19)20)7(2)21-23;1-5-13-8-6-7-11(2)15(13)17(14(18)9-16)12(3)10-19-4;1-11(2)14(10(15)9(12)13)6-8(17-11)7-4-3-5-16-7;5-3(6)1-4-2-10(7,8)9;1-4(2)3/h5-6,10,14H,3-4H2,1-2H3;6-8,12H,5,9-10H2,1-4H3;3-5,8-9H,6H2,1-2H3;4H,1-2H2,(H,5,6)(H2,7,8,9);1-3H3/q;;;;+1/p-1. The van der Waals surface area contributed by atoms with E-state index in [1.165, 1.54) is 11.8 Å². The molecule has 19 nitrogen and oxygen atoms in total. The van der Waals surface area contributed by atoms with E-state index in [1.807, 2.05) is 37.4 Å². The number of alkyl halides is 6. The second-order valence-electron chi connectivity index (χ2n) is 17.0. The van der Waals surface area contributed by atoms with E-state index in [9.17, 15) is 46.6 Å². The van der Waals surface area contributed by atoms with Gasteiger partial charge in [0.25, 0.3) is 5.91 Å². The van der Waals surface area contributed by atoms with Crippen molar-refractivity contribution in [2.24, 2.45) is 0 Å². The van der Waals surface area contributed by atoms with Crippen LogP contribution >= 0.6 is 65.6 Å².